The first-order valence-electron chi connectivity index (χ1n) is 13.1. The summed E-state index contributed by atoms with van der Waals surface area (Å²) in [6.07, 6.45) is 1.28. The second-order valence-corrected chi connectivity index (χ2v) is 10.4. The second-order valence-electron chi connectivity index (χ2n) is 9.96. The number of benzene rings is 3. The van der Waals surface area contributed by atoms with Crippen LogP contribution in [-0.4, -0.2) is 53.8 Å². The molecule has 1 saturated heterocycles. The summed E-state index contributed by atoms with van der Waals surface area (Å²) in [5, 5.41) is 22.3. The number of nitrogens with one attached hydrogen (secondary N) is 1. The summed E-state index contributed by atoms with van der Waals surface area (Å²) in [7, 11) is 0. The molecule has 3 aromatic carbocycles. The highest BCUT2D eigenvalue weighted by molar-refractivity contribution is 6.33. The molecule has 0 bridgehead atoms. The Labute approximate surface area is 245 Å². The molecule has 2 heterocycles. The molecule has 0 saturated carbocycles. The van der Waals surface area contributed by atoms with E-state index in [9.17, 15) is 14.7 Å². The Hall–Kier alpha value is -4.59. The summed E-state index contributed by atoms with van der Waals surface area (Å²) in [6, 6.07) is 14.4. The van der Waals surface area contributed by atoms with Crippen LogP contribution < -0.4 is 10.2 Å². The fourth-order valence-electron chi connectivity index (χ4n) is 5.09. The van der Waals surface area contributed by atoms with Gasteiger partial charge in [-0.25, -0.2) is 13.6 Å². The quantitative estimate of drug-likeness (QED) is 0.298. The third kappa shape index (κ3) is 5.88. The van der Waals surface area contributed by atoms with Crippen molar-refractivity contribution in [2.24, 2.45) is 0 Å². The number of anilines is 1. The molecule has 2 N–H and O–H groups in total. The van der Waals surface area contributed by atoms with Gasteiger partial charge in [0, 0.05) is 52.9 Å². The Bertz CT molecular complexity index is 1720. The van der Waals surface area contributed by atoms with Crippen molar-refractivity contribution in [2.75, 3.05) is 24.6 Å². The van der Waals surface area contributed by atoms with Crippen molar-refractivity contribution < 1.29 is 28.2 Å². The largest absolute Gasteiger partial charge is 0.480 e. The molecule has 2 atom stereocenters. The summed E-state index contributed by atoms with van der Waals surface area (Å²) in [5.41, 5.74) is 2.18. The molecule has 11 heteroatoms. The third-order valence-corrected chi connectivity index (χ3v) is 7.45. The van der Waals surface area contributed by atoms with Crippen LogP contribution in [0.4, 0.5) is 14.5 Å². The average Bonchev–Trinajstić information content (AvgIpc) is 2.96. The predicted molar refractivity (Wildman–Crippen MR) is 153 cm³/mol. The average molecular weight is 591 g/mol. The van der Waals surface area contributed by atoms with Gasteiger partial charge in [0.25, 0.3) is 5.91 Å². The molecular formula is C31H25ClF2N4O4. The van der Waals surface area contributed by atoms with Crippen LogP contribution in [0.3, 0.4) is 0 Å². The van der Waals surface area contributed by atoms with Crippen molar-refractivity contribution in [2.45, 2.75) is 25.5 Å². The van der Waals surface area contributed by atoms with Crippen LogP contribution in [0.5, 0.6) is 0 Å². The molecule has 2 unspecified atom stereocenters. The van der Waals surface area contributed by atoms with Crippen LogP contribution in [0.25, 0.3) is 22.0 Å². The van der Waals surface area contributed by atoms with E-state index in [0.717, 1.165) is 12.1 Å². The van der Waals surface area contributed by atoms with Crippen LogP contribution in [0.2, 0.25) is 5.02 Å². The van der Waals surface area contributed by atoms with Crippen molar-refractivity contribution in [3.05, 3.63) is 94.1 Å². The zero-order chi connectivity index (χ0) is 30.0. The van der Waals surface area contributed by atoms with Crippen molar-refractivity contribution in [3.63, 3.8) is 0 Å². The van der Waals surface area contributed by atoms with E-state index in [1.165, 1.54) is 0 Å². The van der Waals surface area contributed by atoms with E-state index in [1.807, 2.05) is 13.0 Å². The number of aromatic nitrogens is 1. The monoisotopic (exact) mass is 590 g/mol. The highest BCUT2D eigenvalue weighted by atomic mass is 35.5. The molecular weight excluding hydrogens is 566 g/mol. The molecule has 42 heavy (non-hydrogen) atoms. The van der Waals surface area contributed by atoms with E-state index in [0.29, 0.717) is 57.9 Å². The fourth-order valence-corrected chi connectivity index (χ4v) is 5.38. The normalized spacial score (nSPS) is 15.7. The zero-order valence-corrected chi connectivity index (χ0v) is 23.2. The molecule has 1 aliphatic heterocycles. The highest BCUT2D eigenvalue weighted by Gasteiger charge is 2.28. The van der Waals surface area contributed by atoms with E-state index >= 15 is 8.78 Å². The number of carbonyl (C=O) groups is 2. The Morgan fingerprint density at radius 2 is 1.93 bits per heavy atom. The number of nitriles is 1. The topological polar surface area (TPSA) is 116 Å². The minimum absolute atomic E-state index is 0.120. The zero-order valence-electron chi connectivity index (χ0n) is 22.4. The SMILES string of the molecule is CC1CN(c2cc(F)c(C(=O)NC(Cc3ccc(-c4ccc(C#N)cc4Cl)c4ncccc34)C(=O)O)c(F)c2)CCO1. The van der Waals surface area contributed by atoms with E-state index in [2.05, 4.69) is 10.3 Å². The van der Waals surface area contributed by atoms with Crippen molar-refractivity contribution in [1.82, 2.24) is 10.3 Å². The third-order valence-electron chi connectivity index (χ3n) is 7.14. The molecule has 0 spiro atoms. The summed E-state index contributed by atoms with van der Waals surface area (Å²) >= 11 is 6.44. The number of carboxylic acid groups (broad SMARTS) is 1. The molecule has 8 nitrogen and oxygen atoms in total. The molecule has 1 aliphatic rings. The number of ether oxygens (including phenoxy) is 1. The van der Waals surface area contributed by atoms with Gasteiger partial charge in [-0.3, -0.25) is 9.78 Å². The van der Waals surface area contributed by atoms with E-state index < -0.39 is 35.1 Å². The van der Waals surface area contributed by atoms with Crippen LogP contribution >= 0.6 is 11.6 Å². The van der Waals surface area contributed by atoms with Crippen molar-refractivity contribution in [1.29, 1.82) is 5.26 Å². The van der Waals surface area contributed by atoms with Crippen molar-refractivity contribution in [3.8, 4) is 17.2 Å². The predicted octanol–water partition coefficient (Wildman–Crippen LogP) is 5.36. The summed E-state index contributed by atoms with van der Waals surface area (Å²) < 4.78 is 35.6. The Kier molecular flexibility index (Phi) is 8.34. The van der Waals surface area contributed by atoms with Gasteiger partial charge in [-0.15, -0.1) is 0 Å². The lowest BCUT2D eigenvalue weighted by Gasteiger charge is -2.33. The molecule has 4 aromatic rings. The summed E-state index contributed by atoms with van der Waals surface area (Å²) in [6.45, 7) is 3.12. The van der Waals surface area contributed by atoms with Crippen LogP contribution in [0, 0.1) is 23.0 Å². The maximum atomic E-state index is 15.0. The van der Waals surface area contributed by atoms with Gasteiger partial charge in [0.15, 0.2) is 0 Å². The van der Waals surface area contributed by atoms with Gasteiger partial charge in [-0.05, 0) is 42.8 Å². The molecule has 0 aliphatic carbocycles. The van der Waals surface area contributed by atoms with Crippen LogP contribution in [0.1, 0.15) is 28.4 Å². The first-order valence-corrected chi connectivity index (χ1v) is 13.5. The van der Waals surface area contributed by atoms with Gasteiger partial charge in [-0.1, -0.05) is 35.9 Å². The lowest BCUT2D eigenvalue weighted by molar-refractivity contribution is -0.139. The number of amides is 1. The minimum atomic E-state index is -1.50. The van der Waals surface area contributed by atoms with Gasteiger partial charge >= 0.3 is 5.97 Å². The molecule has 1 aromatic heterocycles. The van der Waals surface area contributed by atoms with Gasteiger partial charge in [0.2, 0.25) is 0 Å². The second kappa shape index (κ2) is 12.1. The number of carbonyl (C=O) groups excluding carboxylic acids is 1. The smallest absolute Gasteiger partial charge is 0.326 e. The van der Waals surface area contributed by atoms with Gasteiger partial charge in [-0.2, -0.15) is 5.26 Å². The molecule has 1 fully saturated rings. The number of halogens is 3. The first-order chi connectivity index (χ1) is 20.2. The Balaban J connectivity index is 1.42. The standard InChI is InChI=1S/C31H25ClF2N4O4/c1-17-16-38(9-10-42-17)20-13-25(33)28(26(34)14-20)30(39)37-27(31(40)41)12-19-5-7-23(29-21(19)3-2-8-36-29)22-6-4-18(15-35)11-24(22)32/h2-8,11,13-14,17,27H,9-10,12,16H2,1H3,(H,37,39)(H,40,41). The van der Waals surface area contributed by atoms with E-state index in [1.54, 1.807) is 53.6 Å². The Morgan fingerprint density at radius 1 is 1.19 bits per heavy atom. The van der Waals surface area contributed by atoms with Crippen molar-refractivity contribution >= 4 is 40.1 Å². The molecule has 0 radical (unpaired) electrons. The first kappa shape index (κ1) is 28.9. The summed E-state index contributed by atoms with van der Waals surface area (Å²) in [5.74, 6) is -4.74. The number of hydrogen-bond donors (Lipinski definition) is 2. The maximum absolute atomic E-state index is 15.0. The number of pyridine rings is 1. The lowest BCUT2D eigenvalue weighted by Crippen LogP contribution is -2.43. The number of aliphatic carboxylic acids is 1. The maximum Gasteiger partial charge on any atom is 0.326 e. The fraction of sp³-hybridized carbons (Fsp3) is 0.226. The molecule has 214 valence electrons. The number of rotatable bonds is 7. The van der Waals surface area contributed by atoms with Gasteiger partial charge < -0.3 is 20.1 Å². The number of carboxylic acids is 1. The summed E-state index contributed by atoms with van der Waals surface area (Å²) in [4.78, 5) is 31.4. The van der Waals surface area contributed by atoms with Gasteiger partial charge in [0.05, 0.1) is 29.9 Å². The van der Waals surface area contributed by atoms with Crippen LogP contribution in [-0.2, 0) is 16.0 Å². The molecule has 5 rings (SSSR count). The van der Waals surface area contributed by atoms with Crippen LogP contribution in [0.15, 0.2) is 60.8 Å². The highest BCUT2D eigenvalue weighted by Crippen LogP contribution is 2.35. The van der Waals surface area contributed by atoms with Gasteiger partial charge in [0.1, 0.15) is 23.2 Å². The number of nitrogens with zero attached hydrogens (tertiary/aromatic N) is 3. The minimum Gasteiger partial charge on any atom is -0.480 e. The lowest BCUT2D eigenvalue weighted by atomic mass is 9.94. The number of fused-ring (bicyclic) bond motifs is 1. The van der Waals surface area contributed by atoms with E-state index in [4.69, 9.17) is 21.6 Å². The Morgan fingerprint density at radius 3 is 2.60 bits per heavy atom. The number of morpholine rings is 1. The van der Waals surface area contributed by atoms with E-state index in [-0.39, 0.29) is 18.2 Å². The number of hydrogen-bond acceptors (Lipinski definition) is 6. The molecule has 1 amide bonds.